The average molecular weight is 967 g/mol. The second-order valence-electron chi connectivity index (χ2n) is 28.4. The van der Waals surface area contributed by atoms with Gasteiger partial charge in [-0.15, -0.1) is 0 Å². The molecule has 0 atom stereocenters. The summed E-state index contributed by atoms with van der Waals surface area (Å²) in [4.78, 5) is 0. The lowest BCUT2D eigenvalue weighted by Crippen LogP contribution is -2.22. The van der Waals surface area contributed by atoms with E-state index in [4.69, 9.17) is 0 Å². The van der Waals surface area contributed by atoms with Gasteiger partial charge in [-0.2, -0.15) is 26.3 Å². The Morgan fingerprint density at radius 1 is 0.200 bits per heavy atom. The largest absolute Gasteiger partial charge is 0.417 e. The fourth-order valence-electron chi connectivity index (χ4n) is 9.02. The van der Waals surface area contributed by atoms with E-state index in [0.29, 0.717) is 0 Å². The molecule has 0 aliphatic rings. The number of benzene rings is 5. The van der Waals surface area contributed by atoms with Gasteiger partial charge < -0.3 is 0 Å². The number of hydrogen-bond acceptors (Lipinski definition) is 0. The van der Waals surface area contributed by atoms with E-state index in [1.807, 2.05) is 190 Å². The van der Waals surface area contributed by atoms with Crippen LogP contribution in [0.1, 0.15) is 222 Å². The maximum absolute atomic E-state index is 17.6. The first kappa shape index (κ1) is 56.6. The van der Waals surface area contributed by atoms with Crippen LogP contribution >= 0.6 is 0 Å². The smallest absolute Gasteiger partial charge is 0.166 e. The molecule has 0 saturated carbocycles. The normalized spacial score (nSPS) is 14.1. The van der Waals surface area contributed by atoms with Crippen molar-refractivity contribution < 1.29 is 26.3 Å². The Labute approximate surface area is 419 Å². The zero-order valence-electron chi connectivity index (χ0n) is 47.2. The molecule has 6 heteroatoms. The predicted molar refractivity (Wildman–Crippen MR) is 288 cm³/mol. The van der Waals surface area contributed by atoms with E-state index < -0.39 is 89.1 Å². The van der Waals surface area contributed by atoms with Crippen molar-refractivity contribution in [2.24, 2.45) is 0 Å². The van der Waals surface area contributed by atoms with E-state index in [1.165, 1.54) is 0 Å². The summed E-state index contributed by atoms with van der Waals surface area (Å²) in [6, 6.07) is 21.8. The van der Waals surface area contributed by atoms with Crippen molar-refractivity contribution in [3.05, 3.63) is 128 Å². The van der Waals surface area contributed by atoms with Crippen LogP contribution in [-0.4, -0.2) is 0 Å². The highest BCUT2D eigenvalue weighted by molar-refractivity contribution is 6.03. The van der Waals surface area contributed by atoms with Gasteiger partial charge in [0.25, 0.3) is 0 Å². The fraction of sp³-hybridized carbons (Fsp3) is 0.531. The molecule has 0 fully saturated rings. The number of alkyl halides is 6. The quantitative estimate of drug-likeness (QED) is 0.158. The molecule has 0 N–H and O–H groups in total. The maximum atomic E-state index is 17.6. The molecule has 382 valence electrons. The molecule has 0 aromatic heterocycles. The number of halogens is 6. The minimum absolute atomic E-state index is 0.0956. The molecule has 0 aliphatic heterocycles. The van der Waals surface area contributed by atoms with Gasteiger partial charge in [0, 0.05) is 22.3 Å². The lowest BCUT2D eigenvalue weighted by atomic mass is 9.71. The van der Waals surface area contributed by atoms with Gasteiger partial charge in [0.1, 0.15) is 0 Å². The molecule has 0 spiro atoms. The van der Waals surface area contributed by atoms with Gasteiger partial charge in [0.2, 0.25) is 0 Å². The predicted octanol–water partition coefficient (Wildman–Crippen LogP) is 20.8. The summed E-state index contributed by atoms with van der Waals surface area (Å²) in [6.07, 6.45) is -10.3. The second-order valence-corrected chi connectivity index (χ2v) is 28.4. The molecule has 0 heterocycles. The zero-order chi connectivity index (χ0) is 53.9. The molecule has 0 saturated heterocycles. The molecule has 5 aromatic rings. The SMILES string of the molecule is CC(C)(C)c1cc(-c2c(-c3cc(C(C)(C)C)cc(C(C)(C)C)c3)c(C(F)(F)F)c(-c3cc(C(C)(C)C)cc(C(C)(C)C)c3)c(-c3cc(C(C)(C)C)cc(C(C)(C)C)c3)c2C(F)(F)F)cc(C(C)(C)C)c1. The monoisotopic (exact) mass is 967 g/mol. The molecule has 0 aliphatic carbocycles. The van der Waals surface area contributed by atoms with Gasteiger partial charge >= 0.3 is 12.4 Å². The van der Waals surface area contributed by atoms with Crippen molar-refractivity contribution in [3.63, 3.8) is 0 Å². The lowest BCUT2D eigenvalue weighted by Gasteiger charge is -2.34. The Morgan fingerprint density at radius 2 is 0.314 bits per heavy atom. The Morgan fingerprint density at radius 3 is 0.400 bits per heavy atom. The van der Waals surface area contributed by atoms with Crippen molar-refractivity contribution in [3.8, 4) is 44.5 Å². The van der Waals surface area contributed by atoms with Crippen molar-refractivity contribution in [2.75, 3.05) is 0 Å². The molecule has 70 heavy (non-hydrogen) atoms. The van der Waals surface area contributed by atoms with E-state index in [0.717, 1.165) is 44.5 Å². The highest BCUT2D eigenvalue weighted by atomic mass is 19.4. The van der Waals surface area contributed by atoms with E-state index >= 15 is 26.3 Å². The van der Waals surface area contributed by atoms with Crippen molar-refractivity contribution in [2.45, 2.75) is 222 Å². The van der Waals surface area contributed by atoms with E-state index in [9.17, 15) is 0 Å². The van der Waals surface area contributed by atoms with Crippen LogP contribution in [-0.2, 0) is 55.7 Å². The van der Waals surface area contributed by atoms with Crippen LogP contribution in [0.15, 0.2) is 72.8 Å². The summed E-state index contributed by atoms with van der Waals surface area (Å²) in [5.41, 5.74) is -2.45. The summed E-state index contributed by atoms with van der Waals surface area (Å²) in [6.45, 7) is 47.7. The molecular formula is C64H84F6. The average Bonchev–Trinajstić information content (AvgIpc) is 3.15. The summed E-state index contributed by atoms with van der Waals surface area (Å²) in [5, 5.41) is 0. The third kappa shape index (κ3) is 12.1. The summed E-state index contributed by atoms with van der Waals surface area (Å²) >= 11 is 0. The van der Waals surface area contributed by atoms with Crippen LogP contribution < -0.4 is 0 Å². The van der Waals surface area contributed by atoms with Crippen LogP contribution in [0.2, 0.25) is 0 Å². The lowest BCUT2D eigenvalue weighted by molar-refractivity contribution is -0.139. The molecule has 0 amide bonds. The number of rotatable bonds is 4. The van der Waals surface area contributed by atoms with Gasteiger partial charge in [-0.1, -0.05) is 239 Å². The van der Waals surface area contributed by atoms with Crippen LogP contribution in [0.4, 0.5) is 26.3 Å². The first-order valence-electron chi connectivity index (χ1n) is 25.1. The van der Waals surface area contributed by atoms with Crippen LogP contribution in [0, 0.1) is 0 Å². The van der Waals surface area contributed by atoms with E-state index in [1.54, 1.807) is 48.5 Å². The van der Waals surface area contributed by atoms with Crippen LogP contribution in [0.5, 0.6) is 0 Å². The zero-order valence-corrected chi connectivity index (χ0v) is 47.2. The number of hydrogen-bond donors (Lipinski definition) is 0. The van der Waals surface area contributed by atoms with Gasteiger partial charge in [0.05, 0.1) is 11.1 Å². The highest BCUT2D eigenvalue weighted by Crippen LogP contribution is 2.59. The minimum Gasteiger partial charge on any atom is -0.166 e. The molecule has 0 nitrogen and oxygen atoms in total. The van der Waals surface area contributed by atoms with Gasteiger partial charge in [0.15, 0.2) is 0 Å². The Kier molecular flexibility index (Phi) is 14.3. The molecule has 5 aromatic carbocycles. The molecule has 0 radical (unpaired) electrons. The van der Waals surface area contributed by atoms with E-state index in [2.05, 4.69) is 0 Å². The Balaban J connectivity index is 2.46. The molecule has 0 bridgehead atoms. The van der Waals surface area contributed by atoms with E-state index in [-0.39, 0.29) is 22.3 Å². The van der Waals surface area contributed by atoms with Crippen molar-refractivity contribution >= 4 is 0 Å². The van der Waals surface area contributed by atoms with Crippen LogP contribution in [0.25, 0.3) is 44.5 Å². The Bertz CT molecular complexity index is 2270. The third-order valence-electron chi connectivity index (χ3n) is 13.9. The van der Waals surface area contributed by atoms with Gasteiger partial charge in [-0.25, -0.2) is 0 Å². The topological polar surface area (TPSA) is 0 Å². The van der Waals surface area contributed by atoms with Crippen LogP contribution in [0.3, 0.4) is 0 Å². The van der Waals surface area contributed by atoms with Crippen molar-refractivity contribution in [1.82, 2.24) is 0 Å². The van der Waals surface area contributed by atoms with Gasteiger partial charge in [-0.3, -0.25) is 0 Å². The summed E-state index contributed by atoms with van der Waals surface area (Å²) < 4.78 is 106. The standard InChI is InChI=1S/C64H84F6/c1-55(2,3)41-25-37(26-42(33-41)56(4,5)6)49-50(38-27-43(57(7,8)9)34-44(28-38)58(10,11)12)54(64(68,69)70)52(40-31-47(61(19,20)21)36-48(32-40)62(22,23)24)51(53(49)63(65,66)67)39-29-45(59(13,14)15)35-46(30-39)60(16,17)18/h25-36H,1-24H3. The second kappa shape index (κ2) is 17.7. The van der Waals surface area contributed by atoms with Crippen molar-refractivity contribution in [1.29, 1.82) is 0 Å². The fourth-order valence-corrected chi connectivity index (χ4v) is 9.02. The molecule has 5 rings (SSSR count). The third-order valence-corrected chi connectivity index (χ3v) is 13.9. The first-order valence-corrected chi connectivity index (χ1v) is 25.1. The maximum Gasteiger partial charge on any atom is 0.417 e. The summed E-state index contributed by atoms with van der Waals surface area (Å²) in [7, 11) is 0. The minimum atomic E-state index is -5.17. The Hall–Kier alpha value is -4.32. The molecular weight excluding hydrogens is 883 g/mol. The highest BCUT2D eigenvalue weighted by Gasteiger charge is 2.48. The summed E-state index contributed by atoms with van der Waals surface area (Å²) in [5.74, 6) is 0. The van der Waals surface area contributed by atoms with Gasteiger partial charge in [-0.05, 0) is 110 Å². The molecule has 0 unspecified atom stereocenters. The first-order chi connectivity index (χ1) is 31.0.